The minimum absolute atomic E-state index is 0.0715. The van der Waals surface area contributed by atoms with Gasteiger partial charge in [-0.05, 0) is 27.6 Å². The first-order valence-corrected chi connectivity index (χ1v) is 7.16. The van der Waals surface area contributed by atoms with Gasteiger partial charge in [0.05, 0.1) is 4.92 Å². The van der Waals surface area contributed by atoms with Gasteiger partial charge in [0.1, 0.15) is 5.82 Å². The summed E-state index contributed by atoms with van der Waals surface area (Å²) in [5.41, 5.74) is 1.79. The van der Waals surface area contributed by atoms with E-state index in [0.717, 1.165) is 15.6 Å². The fourth-order valence-electron chi connectivity index (χ4n) is 1.97. The van der Waals surface area contributed by atoms with Crippen LogP contribution in [0.5, 0.6) is 0 Å². The van der Waals surface area contributed by atoms with Crippen molar-refractivity contribution in [3.05, 3.63) is 68.7 Å². The molecule has 0 spiro atoms. The molecule has 7 nitrogen and oxygen atoms in total. The zero-order valence-electron chi connectivity index (χ0n) is 11.2. The molecule has 22 heavy (non-hydrogen) atoms. The van der Waals surface area contributed by atoms with Crippen LogP contribution in [0.15, 0.2) is 47.2 Å². The number of nitrogens with zero attached hydrogens (tertiary/aromatic N) is 4. The molecule has 1 aromatic carbocycles. The highest BCUT2D eigenvalue weighted by atomic mass is 79.9. The van der Waals surface area contributed by atoms with Crippen molar-refractivity contribution < 1.29 is 4.92 Å². The van der Waals surface area contributed by atoms with E-state index in [2.05, 4.69) is 36.1 Å². The number of nitrogens with one attached hydrogen (secondary N) is 1. The van der Waals surface area contributed by atoms with Gasteiger partial charge in [-0.3, -0.25) is 20.2 Å². The average molecular weight is 360 g/mol. The van der Waals surface area contributed by atoms with Crippen LogP contribution in [-0.4, -0.2) is 25.1 Å². The second-order valence-electron chi connectivity index (χ2n) is 4.60. The molecule has 1 N–H and O–H groups in total. The van der Waals surface area contributed by atoms with Gasteiger partial charge in [0, 0.05) is 41.0 Å². The second-order valence-corrected chi connectivity index (χ2v) is 5.51. The molecular formula is C14H10BrN5O2. The van der Waals surface area contributed by atoms with Crippen molar-refractivity contribution in [3.8, 4) is 11.4 Å². The Balaban J connectivity index is 1.78. The third kappa shape index (κ3) is 3.17. The predicted molar refractivity (Wildman–Crippen MR) is 83.2 cm³/mol. The average Bonchev–Trinajstić information content (AvgIpc) is 2.96. The Hall–Kier alpha value is -2.61. The van der Waals surface area contributed by atoms with Crippen LogP contribution >= 0.6 is 15.9 Å². The van der Waals surface area contributed by atoms with Crippen molar-refractivity contribution in [1.29, 1.82) is 0 Å². The summed E-state index contributed by atoms with van der Waals surface area (Å²) in [4.78, 5) is 18.7. The lowest BCUT2D eigenvalue weighted by Crippen LogP contribution is -1.92. The summed E-state index contributed by atoms with van der Waals surface area (Å²) in [5, 5.41) is 17.7. The number of halogens is 1. The van der Waals surface area contributed by atoms with E-state index in [1.54, 1.807) is 24.5 Å². The van der Waals surface area contributed by atoms with Crippen LogP contribution < -0.4 is 0 Å². The molecule has 0 aliphatic carbocycles. The van der Waals surface area contributed by atoms with Crippen LogP contribution in [0.25, 0.3) is 11.4 Å². The van der Waals surface area contributed by atoms with E-state index in [1.807, 2.05) is 6.07 Å². The van der Waals surface area contributed by atoms with E-state index in [0.29, 0.717) is 18.1 Å². The van der Waals surface area contributed by atoms with Gasteiger partial charge < -0.3 is 0 Å². The molecule has 0 aliphatic rings. The van der Waals surface area contributed by atoms with Crippen LogP contribution in [0, 0.1) is 10.1 Å². The lowest BCUT2D eigenvalue weighted by atomic mass is 10.1. The van der Waals surface area contributed by atoms with Crippen molar-refractivity contribution in [2.45, 2.75) is 6.42 Å². The summed E-state index contributed by atoms with van der Waals surface area (Å²) in [5.74, 6) is 1.24. The molecule has 0 aliphatic heterocycles. The summed E-state index contributed by atoms with van der Waals surface area (Å²) in [6.45, 7) is 0. The van der Waals surface area contributed by atoms with Crippen molar-refractivity contribution in [3.63, 3.8) is 0 Å². The summed E-state index contributed by atoms with van der Waals surface area (Å²) >= 11 is 3.36. The highest BCUT2D eigenvalue weighted by molar-refractivity contribution is 9.10. The van der Waals surface area contributed by atoms with E-state index >= 15 is 0 Å². The lowest BCUT2D eigenvalue weighted by Gasteiger charge is -1.97. The highest BCUT2D eigenvalue weighted by Crippen LogP contribution is 2.19. The zero-order valence-corrected chi connectivity index (χ0v) is 12.8. The Morgan fingerprint density at radius 2 is 2.00 bits per heavy atom. The van der Waals surface area contributed by atoms with E-state index in [4.69, 9.17) is 0 Å². The largest absolute Gasteiger partial charge is 0.269 e. The molecule has 2 aromatic heterocycles. The number of nitro groups is 1. The number of H-pyrrole nitrogens is 1. The molecule has 0 fully saturated rings. The monoisotopic (exact) mass is 359 g/mol. The predicted octanol–water partition coefficient (Wildman–Crippen LogP) is 3.13. The molecule has 0 saturated heterocycles. The third-order valence-corrected chi connectivity index (χ3v) is 3.45. The van der Waals surface area contributed by atoms with Crippen LogP contribution in [0.2, 0.25) is 0 Å². The maximum Gasteiger partial charge on any atom is 0.269 e. The Bertz CT molecular complexity index is 816. The molecule has 0 unspecified atom stereocenters. The molecular weight excluding hydrogens is 350 g/mol. The summed E-state index contributed by atoms with van der Waals surface area (Å²) in [6, 6.07) is 8.25. The van der Waals surface area contributed by atoms with Crippen LogP contribution in [0.4, 0.5) is 5.69 Å². The number of benzene rings is 1. The van der Waals surface area contributed by atoms with E-state index in [9.17, 15) is 10.1 Å². The van der Waals surface area contributed by atoms with Gasteiger partial charge in [-0.25, -0.2) is 4.98 Å². The van der Waals surface area contributed by atoms with Gasteiger partial charge in [-0.1, -0.05) is 12.1 Å². The van der Waals surface area contributed by atoms with Gasteiger partial charge in [0.25, 0.3) is 5.69 Å². The number of non-ortho nitro benzene ring substituents is 1. The summed E-state index contributed by atoms with van der Waals surface area (Å²) < 4.78 is 0.853. The quantitative estimate of drug-likeness (QED) is 0.569. The summed E-state index contributed by atoms with van der Waals surface area (Å²) in [7, 11) is 0. The molecule has 0 radical (unpaired) electrons. The number of aromatic amines is 1. The fraction of sp³-hybridized carbons (Fsp3) is 0.0714. The third-order valence-electron chi connectivity index (χ3n) is 3.01. The minimum atomic E-state index is -0.420. The van der Waals surface area contributed by atoms with E-state index in [-0.39, 0.29) is 5.69 Å². The van der Waals surface area contributed by atoms with Gasteiger partial charge in [0.2, 0.25) is 0 Å². The molecule has 3 aromatic rings. The minimum Gasteiger partial charge on any atom is -0.263 e. The molecule has 0 saturated carbocycles. The first-order valence-electron chi connectivity index (χ1n) is 6.37. The van der Waals surface area contributed by atoms with Crippen LogP contribution in [-0.2, 0) is 6.42 Å². The molecule has 2 heterocycles. The van der Waals surface area contributed by atoms with E-state index < -0.39 is 4.92 Å². The molecule has 8 heteroatoms. The summed E-state index contributed by atoms with van der Waals surface area (Å²) in [6.07, 6.45) is 3.89. The molecule has 0 bridgehead atoms. The normalized spacial score (nSPS) is 10.6. The van der Waals surface area contributed by atoms with Crippen LogP contribution in [0.1, 0.15) is 11.4 Å². The number of hydrogen-bond donors (Lipinski definition) is 1. The Morgan fingerprint density at radius 1 is 1.23 bits per heavy atom. The zero-order chi connectivity index (χ0) is 15.5. The second kappa shape index (κ2) is 6.02. The Labute approximate surface area is 133 Å². The first kappa shape index (κ1) is 14.3. The number of aromatic nitrogens is 4. The number of hydrogen-bond acceptors (Lipinski definition) is 5. The molecule has 3 rings (SSSR count). The van der Waals surface area contributed by atoms with Gasteiger partial charge in [-0.15, -0.1) is 0 Å². The standard InChI is InChI=1S/C14H10BrN5O2/c15-11-6-10(7-16-8-11)14-17-13(18-19-14)5-9-1-3-12(4-2-9)20(21)22/h1-4,6-8H,5H2,(H,17,18,19). The Kier molecular flexibility index (Phi) is 3.92. The Morgan fingerprint density at radius 3 is 2.68 bits per heavy atom. The van der Waals surface area contributed by atoms with Crippen molar-refractivity contribution in [2.75, 3.05) is 0 Å². The topological polar surface area (TPSA) is 97.6 Å². The number of pyridine rings is 1. The molecule has 0 atom stereocenters. The van der Waals surface area contributed by atoms with Gasteiger partial charge in [0.15, 0.2) is 5.82 Å². The van der Waals surface area contributed by atoms with Gasteiger partial charge in [-0.2, -0.15) is 5.10 Å². The van der Waals surface area contributed by atoms with E-state index in [1.165, 1.54) is 12.1 Å². The van der Waals surface area contributed by atoms with Crippen molar-refractivity contribution >= 4 is 21.6 Å². The maximum atomic E-state index is 10.6. The molecule has 110 valence electrons. The lowest BCUT2D eigenvalue weighted by molar-refractivity contribution is -0.384. The first-order chi connectivity index (χ1) is 10.6. The molecule has 0 amide bonds. The highest BCUT2D eigenvalue weighted by Gasteiger charge is 2.09. The van der Waals surface area contributed by atoms with Crippen LogP contribution in [0.3, 0.4) is 0 Å². The van der Waals surface area contributed by atoms with Crippen molar-refractivity contribution in [1.82, 2.24) is 20.2 Å². The fourth-order valence-corrected chi connectivity index (χ4v) is 2.33. The van der Waals surface area contributed by atoms with Crippen molar-refractivity contribution in [2.24, 2.45) is 0 Å². The SMILES string of the molecule is O=[N+]([O-])c1ccc(Cc2nc(-c3cncc(Br)c3)n[nH]2)cc1. The number of rotatable bonds is 4. The van der Waals surface area contributed by atoms with Gasteiger partial charge >= 0.3 is 0 Å². The number of nitro benzene ring substituents is 1. The maximum absolute atomic E-state index is 10.6. The smallest absolute Gasteiger partial charge is 0.263 e.